The maximum Gasteiger partial charge on any atom is 0.157 e. The Labute approximate surface area is 227 Å². The Morgan fingerprint density at radius 1 is 0.550 bits per heavy atom. The molecule has 0 fully saturated rings. The maximum absolute atomic E-state index is 11.6. The SMILES string of the molecule is Oc1ccc([C@H]2c3cc4c(cc3O[C@H](c3ccc(O)c(O)c3)[C@H]2O)O[C@@H](c2ccc(O)c(O)c2)[C@@H](O)C4)c(O)c1. The van der Waals surface area contributed by atoms with Gasteiger partial charge in [-0.25, -0.2) is 0 Å². The van der Waals surface area contributed by atoms with Crippen LogP contribution in [-0.4, -0.2) is 53.1 Å². The molecule has 0 spiro atoms. The summed E-state index contributed by atoms with van der Waals surface area (Å²) in [5.41, 5.74) is 2.25. The highest BCUT2D eigenvalue weighted by atomic mass is 16.5. The summed E-state index contributed by atoms with van der Waals surface area (Å²) in [5.74, 6) is -1.94. The Balaban J connectivity index is 1.46. The molecule has 2 heterocycles. The van der Waals surface area contributed by atoms with Crippen LogP contribution in [0, 0.1) is 0 Å². The van der Waals surface area contributed by atoms with Crippen LogP contribution in [0.25, 0.3) is 0 Å². The van der Waals surface area contributed by atoms with Gasteiger partial charge >= 0.3 is 0 Å². The van der Waals surface area contributed by atoms with E-state index in [-0.39, 0.29) is 35.2 Å². The van der Waals surface area contributed by atoms with Crippen molar-refractivity contribution in [3.63, 3.8) is 0 Å². The van der Waals surface area contributed by atoms with E-state index in [1.807, 2.05) is 0 Å². The molecule has 10 heteroatoms. The van der Waals surface area contributed by atoms with Crippen molar-refractivity contribution in [2.75, 3.05) is 0 Å². The van der Waals surface area contributed by atoms with Crippen LogP contribution in [0.15, 0.2) is 66.7 Å². The molecule has 2 aliphatic heterocycles. The molecule has 0 aromatic heterocycles. The van der Waals surface area contributed by atoms with Crippen LogP contribution in [0.1, 0.15) is 45.9 Å². The Kier molecular flexibility index (Phi) is 6.01. The molecule has 206 valence electrons. The van der Waals surface area contributed by atoms with Crippen LogP contribution in [0.5, 0.6) is 46.0 Å². The van der Waals surface area contributed by atoms with Crippen LogP contribution >= 0.6 is 0 Å². The number of fused-ring (bicyclic) bond motifs is 2. The zero-order chi connectivity index (χ0) is 28.3. The molecule has 0 bridgehead atoms. The summed E-state index contributed by atoms with van der Waals surface area (Å²) in [6, 6.07) is 15.6. The number of aromatic hydroxyl groups is 6. The first kappa shape index (κ1) is 25.5. The molecule has 0 radical (unpaired) electrons. The van der Waals surface area contributed by atoms with Crippen LogP contribution < -0.4 is 9.47 Å². The third kappa shape index (κ3) is 4.23. The number of phenols is 6. The van der Waals surface area contributed by atoms with Crippen molar-refractivity contribution in [2.24, 2.45) is 0 Å². The number of benzene rings is 4. The average molecular weight is 547 g/mol. The van der Waals surface area contributed by atoms with Gasteiger partial charge < -0.3 is 50.3 Å². The van der Waals surface area contributed by atoms with Gasteiger partial charge in [-0.05, 0) is 53.1 Å². The standard InChI is InChI=1S/C30H26O10/c31-16-3-4-17(21(34)11-16)27-18-7-15-10-24(37)29(13-1-5-19(32)22(35)8-13)39-25(15)12-26(18)40-30(28(27)38)14-2-6-20(33)23(36)9-14/h1-9,11-12,24,27-38H,10H2/t24-,27-,28-,29-,30+/m0/s1. The van der Waals surface area contributed by atoms with E-state index in [1.165, 1.54) is 54.6 Å². The van der Waals surface area contributed by atoms with Gasteiger partial charge in [0.1, 0.15) is 35.2 Å². The Bertz CT molecular complexity index is 1620. The van der Waals surface area contributed by atoms with Gasteiger partial charge in [0, 0.05) is 35.6 Å². The number of aliphatic hydroxyl groups is 2. The largest absolute Gasteiger partial charge is 0.508 e. The molecule has 2 aliphatic rings. The second kappa shape index (κ2) is 9.44. The van der Waals surface area contributed by atoms with Gasteiger partial charge in [-0.15, -0.1) is 0 Å². The predicted octanol–water partition coefficient (Wildman–Crippen LogP) is 3.58. The lowest BCUT2D eigenvalue weighted by Gasteiger charge is -2.39. The maximum atomic E-state index is 11.6. The zero-order valence-electron chi connectivity index (χ0n) is 20.8. The molecule has 0 unspecified atom stereocenters. The molecule has 5 atom stereocenters. The number of hydrogen-bond donors (Lipinski definition) is 8. The number of hydrogen-bond acceptors (Lipinski definition) is 10. The van der Waals surface area contributed by atoms with E-state index >= 15 is 0 Å². The number of ether oxygens (including phenoxy) is 2. The summed E-state index contributed by atoms with van der Waals surface area (Å²) >= 11 is 0. The molecular formula is C30H26O10. The molecule has 0 saturated carbocycles. The van der Waals surface area contributed by atoms with Crippen LogP contribution in [0.3, 0.4) is 0 Å². The topological polar surface area (TPSA) is 180 Å². The van der Waals surface area contributed by atoms with Crippen molar-refractivity contribution in [3.05, 3.63) is 94.5 Å². The first-order valence-electron chi connectivity index (χ1n) is 12.5. The van der Waals surface area contributed by atoms with Crippen LogP contribution in [-0.2, 0) is 6.42 Å². The van der Waals surface area contributed by atoms with E-state index in [0.29, 0.717) is 39.3 Å². The van der Waals surface area contributed by atoms with Crippen molar-refractivity contribution in [1.82, 2.24) is 0 Å². The fraction of sp³-hybridized carbons (Fsp3) is 0.200. The Morgan fingerprint density at radius 2 is 1.18 bits per heavy atom. The molecular weight excluding hydrogens is 520 g/mol. The number of rotatable bonds is 3. The Hall–Kier alpha value is -4.80. The van der Waals surface area contributed by atoms with Crippen molar-refractivity contribution in [2.45, 2.75) is 36.8 Å². The van der Waals surface area contributed by atoms with Gasteiger partial charge in [0.15, 0.2) is 29.1 Å². The minimum absolute atomic E-state index is 0.156. The quantitative estimate of drug-likeness (QED) is 0.177. The summed E-state index contributed by atoms with van der Waals surface area (Å²) in [6.45, 7) is 0. The highest BCUT2D eigenvalue weighted by Gasteiger charge is 2.42. The number of aliphatic hydroxyl groups excluding tert-OH is 2. The lowest BCUT2D eigenvalue weighted by molar-refractivity contribution is 0.00457. The minimum Gasteiger partial charge on any atom is -0.508 e. The molecule has 0 saturated heterocycles. The van der Waals surface area contributed by atoms with E-state index in [9.17, 15) is 40.9 Å². The molecule has 10 nitrogen and oxygen atoms in total. The van der Waals surface area contributed by atoms with Gasteiger partial charge in [-0.3, -0.25) is 0 Å². The highest BCUT2D eigenvalue weighted by molar-refractivity contribution is 5.57. The lowest BCUT2D eigenvalue weighted by Crippen LogP contribution is -2.36. The third-order valence-electron chi connectivity index (χ3n) is 7.47. The van der Waals surface area contributed by atoms with Gasteiger partial charge in [-0.2, -0.15) is 0 Å². The smallest absolute Gasteiger partial charge is 0.157 e. The van der Waals surface area contributed by atoms with Gasteiger partial charge in [0.05, 0.1) is 6.10 Å². The van der Waals surface area contributed by atoms with Crippen molar-refractivity contribution in [3.8, 4) is 46.0 Å². The first-order chi connectivity index (χ1) is 19.1. The van der Waals surface area contributed by atoms with E-state index in [0.717, 1.165) is 0 Å². The van der Waals surface area contributed by atoms with E-state index in [2.05, 4.69) is 0 Å². The van der Waals surface area contributed by atoms with Crippen molar-refractivity contribution in [1.29, 1.82) is 0 Å². The van der Waals surface area contributed by atoms with E-state index in [1.54, 1.807) is 12.1 Å². The summed E-state index contributed by atoms with van der Waals surface area (Å²) in [4.78, 5) is 0. The summed E-state index contributed by atoms with van der Waals surface area (Å²) in [5, 5.41) is 82.6. The molecule has 4 aromatic carbocycles. The zero-order valence-corrected chi connectivity index (χ0v) is 20.8. The fourth-order valence-corrected chi connectivity index (χ4v) is 5.49. The predicted molar refractivity (Wildman–Crippen MR) is 140 cm³/mol. The molecule has 0 amide bonds. The minimum atomic E-state index is -1.27. The fourth-order valence-electron chi connectivity index (χ4n) is 5.49. The van der Waals surface area contributed by atoms with Crippen LogP contribution in [0.2, 0.25) is 0 Å². The summed E-state index contributed by atoms with van der Waals surface area (Å²) in [7, 11) is 0. The van der Waals surface area contributed by atoms with Crippen molar-refractivity contribution < 1.29 is 50.3 Å². The highest BCUT2D eigenvalue weighted by Crippen LogP contribution is 2.51. The summed E-state index contributed by atoms with van der Waals surface area (Å²) in [6.07, 6.45) is -4.00. The second-order valence-corrected chi connectivity index (χ2v) is 10.1. The normalized spacial score (nSPS) is 23.4. The van der Waals surface area contributed by atoms with E-state index in [4.69, 9.17) is 9.47 Å². The first-order valence-corrected chi connectivity index (χ1v) is 12.5. The average Bonchev–Trinajstić information content (AvgIpc) is 2.91. The van der Waals surface area contributed by atoms with Gasteiger partial charge in [0.25, 0.3) is 0 Å². The van der Waals surface area contributed by atoms with E-state index < -0.39 is 36.1 Å². The Morgan fingerprint density at radius 3 is 1.80 bits per heavy atom. The van der Waals surface area contributed by atoms with Gasteiger partial charge in [0.2, 0.25) is 0 Å². The number of phenolic OH excluding ortho intramolecular Hbond substituents is 6. The molecule has 6 rings (SSSR count). The van der Waals surface area contributed by atoms with Crippen LogP contribution in [0.4, 0.5) is 0 Å². The summed E-state index contributed by atoms with van der Waals surface area (Å²) < 4.78 is 12.4. The van der Waals surface area contributed by atoms with Gasteiger partial charge in [-0.1, -0.05) is 18.2 Å². The molecule has 4 aromatic rings. The molecule has 8 N–H and O–H groups in total. The molecule has 40 heavy (non-hydrogen) atoms. The van der Waals surface area contributed by atoms with Crippen molar-refractivity contribution >= 4 is 0 Å². The molecule has 0 aliphatic carbocycles. The lowest BCUT2D eigenvalue weighted by atomic mass is 9.78. The second-order valence-electron chi connectivity index (χ2n) is 10.1. The third-order valence-corrected chi connectivity index (χ3v) is 7.47. The monoisotopic (exact) mass is 546 g/mol.